The molecule has 2 rings (SSSR count). The summed E-state index contributed by atoms with van der Waals surface area (Å²) in [6, 6.07) is 4.55. The number of esters is 1. The van der Waals surface area contributed by atoms with E-state index in [4.69, 9.17) is 11.6 Å². The number of halogens is 1. The Labute approximate surface area is 158 Å². The molecule has 6 nitrogen and oxygen atoms in total. The van der Waals surface area contributed by atoms with Crippen LogP contribution in [-0.2, 0) is 14.3 Å². The Morgan fingerprint density at radius 3 is 2.38 bits per heavy atom. The summed E-state index contributed by atoms with van der Waals surface area (Å²) in [6.07, 6.45) is 5.25. The van der Waals surface area contributed by atoms with E-state index in [9.17, 15) is 14.4 Å². The summed E-state index contributed by atoms with van der Waals surface area (Å²) in [6.45, 7) is 3.14. The molecular weight excluding hydrogens is 356 g/mol. The number of ether oxygens (including phenoxy) is 1. The van der Waals surface area contributed by atoms with Crippen LogP contribution in [0.3, 0.4) is 0 Å². The zero-order chi connectivity index (χ0) is 19.3. The summed E-state index contributed by atoms with van der Waals surface area (Å²) in [5.41, 5.74) is -0.753. The van der Waals surface area contributed by atoms with Gasteiger partial charge in [0.25, 0.3) is 0 Å². The standard InChI is InChI=1S/C19H25ClN2O4/c1-19(2,17(24)21-13-7-5-4-6-8-13)18(25)22-15-11-12(16(23)26-3)9-10-14(15)20/h9-11,13H,4-8H2,1-3H3,(H,21,24)(H,22,25). The molecule has 1 fully saturated rings. The van der Waals surface area contributed by atoms with Gasteiger partial charge >= 0.3 is 5.97 Å². The number of nitrogens with one attached hydrogen (secondary N) is 2. The predicted molar refractivity (Wildman–Crippen MR) is 100 cm³/mol. The molecule has 0 unspecified atom stereocenters. The van der Waals surface area contributed by atoms with Crippen LogP contribution in [-0.4, -0.2) is 30.9 Å². The van der Waals surface area contributed by atoms with Crippen LogP contribution in [0, 0.1) is 5.41 Å². The minimum atomic E-state index is -1.28. The zero-order valence-corrected chi connectivity index (χ0v) is 16.1. The zero-order valence-electron chi connectivity index (χ0n) is 15.4. The van der Waals surface area contributed by atoms with Crippen molar-refractivity contribution in [2.24, 2.45) is 5.41 Å². The van der Waals surface area contributed by atoms with Crippen LogP contribution in [0.25, 0.3) is 0 Å². The van der Waals surface area contributed by atoms with Crippen molar-refractivity contribution in [3.05, 3.63) is 28.8 Å². The number of hydrogen-bond acceptors (Lipinski definition) is 4. The number of anilines is 1. The molecule has 1 aliphatic rings. The molecule has 0 bridgehead atoms. The van der Waals surface area contributed by atoms with Crippen LogP contribution in [0.4, 0.5) is 5.69 Å². The Balaban J connectivity index is 2.09. The Bertz CT molecular complexity index is 697. The molecule has 0 radical (unpaired) electrons. The maximum absolute atomic E-state index is 12.7. The van der Waals surface area contributed by atoms with Gasteiger partial charge in [0.1, 0.15) is 5.41 Å². The lowest BCUT2D eigenvalue weighted by Gasteiger charge is -2.28. The molecule has 1 saturated carbocycles. The van der Waals surface area contributed by atoms with Crippen molar-refractivity contribution >= 4 is 35.1 Å². The third kappa shape index (κ3) is 4.75. The fourth-order valence-corrected chi connectivity index (χ4v) is 3.03. The maximum Gasteiger partial charge on any atom is 0.337 e. The molecule has 1 aromatic carbocycles. The van der Waals surface area contributed by atoms with Crippen molar-refractivity contribution in [1.29, 1.82) is 0 Å². The number of benzene rings is 1. The average Bonchev–Trinajstić information content (AvgIpc) is 2.63. The van der Waals surface area contributed by atoms with Gasteiger partial charge in [-0.25, -0.2) is 4.79 Å². The molecule has 2 N–H and O–H groups in total. The lowest BCUT2D eigenvalue weighted by atomic mass is 9.88. The predicted octanol–water partition coefficient (Wildman–Crippen LogP) is 3.54. The van der Waals surface area contributed by atoms with Gasteiger partial charge in [0, 0.05) is 6.04 Å². The van der Waals surface area contributed by atoms with Crippen LogP contribution in [0.5, 0.6) is 0 Å². The van der Waals surface area contributed by atoms with Gasteiger partial charge in [-0.1, -0.05) is 30.9 Å². The summed E-state index contributed by atoms with van der Waals surface area (Å²) in [5, 5.41) is 5.89. The average molecular weight is 381 g/mol. The molecule has 1 aromatic rings. The van der Waals surface area contributed by atoms with E-state index in [-0.39, 0.29) is 28.2 Å². The van der Waals surface area contributed by atoms with Gasteiger partial charge in [-0.3, -0.25) is 9.59 Å². The first-order chi connectivity index (χ1) is 12.3. The van der Waals surface area contributed by atoms with E-state index in [1.807, 2.05) is 0 Å². The van der Waals surface area contributed by atoms with Crippen molar-refractivity contribution < 1.29 is 19.1 Å². The largest absolute Gasteiger partial charge is 0.465 e. The molecule has 142 valence electrons. The van der Waals surface area contributed by atoms with E-state index in [0.717, 1.165) is 25.7 Å². The van der Waals surface area contributed by atoms with Crippen molar-refractivity contribution in [3.63, 3.8) is 0 Å². The van der Waals surface area contributed by atoms with Gasteiger partial charge in [0.05, 0.1) is 23.4 Å². The molecule has 0 aliphatic heterocycles. The van der Waals surface area contributed by atoms with E-state index < -0.39 is 17.3 Å². The second kappa shape index (κ2) is 8.54. The highest BCUT2D eigenvalue weighted by Gasteiger charge is 2.37. The fourth-order valence-electron chi connectivity index (χ4n) is 2.86. The fraction of sp³-hybridized carbons (Fsp3) is 0.526. The summed E-state index contributed by atoms with van der Waals surface area (Å²) in [7, 11) is 1.27. The first kappa shape index (κ1) is 20.2. The smallest absolute Gasteiger partial charge is 0.337 e. The van der Waals surface area contributed by atoms with Crippen LogP contribution in [0.1, 0.15) is 56.3 Å². The molecule has 0 aromatic heterocycles. The number of carbonyl (C=O) groups excluding carboxylic acids is 3. The molecule has 1 aliphatic carbocycles. The van der Waals surface area contributed by atoms with Crippen molar-refractivity contribution in [2.75, 3.05) is 12.4 Å². The van der Waals surface area contributed by atoms with Crippen LogP contribution in [0.15, 0.2) is 18.2 Å². The van der Waals surface area contributed by atoms with E-state index in [1.165, 1.54) is 31.7 Å². The van der Waals surface area contributed by atoms with Gasteiger partial charge in [0.15, 0.2) is 0 Å². The maximum atomic E-state index is 12.7. The Hall–Kier alpha value is -2.08. The van der Waals surface area contributed by atoms with Crippen molar-refractivity contribution in [3.8, 4) is 0 Å². The van der Waals surface area contributed by atoms with Crippen molar-refractivity contribution in [2.45, 2.75) is 52.0 Å². The lowest BCUT2D eigenvalue weighted by molar-refractivity contribution is -0.139. The molecule has 7 heteroatoms. The lowest BCUT2D eigenvalue weighted by Crippen LogP contribution is -2.49. The molecule has 0 saturated heterocycles. The van der Waals surface area contributed by atoms with E-state index in [0.29, 0.717) is 0 Å². The third-order valence-corrected chi connectivity index (χ3v) is 5.04. The summed E-state index contributed by atoms with van der Waals surface area (Å²) in [4.78, 5) is 36.9. The highest BCUT2D eigenvalue weighted by Crippen LogP contribution is 2.27. The first-order valence-corrected chi connectivity index (χ1v) is 9.13. The summed E-state index contributed by atoms with van der Waals surface area (Å²) < 4.78 is 4.67. The minimum absolute atomic E-state index is 0.120. The van der Waals surface area contributed by atoms with Crippen molar-refractivity contribution in [1.82, 2.24) is 5.32 Å². The van der Waals surface area contributed by atoms with Gasteiger partial charge in [0.2, 0.25) is 11.8 Å². The van der Waals surface area contributed by atoms with E-state index in [1.54, 1.807) is 13.8 Å². The number of carbonyl (C=O) groups is 3. The van der Waals surface area contributed by atoms with Gasteiger partial charge in [-0.15, -0.1) is 0 Å². The molecular formula is C19H25ClN2O4. The van der Waals surface area contributed by atoms with Gasteiger partial charge in [-0.2, -0.15) is 0 Å². The third-order valence-electron chi connectivity index (χ3n) is 4.71. The van der Waals surface area contributed by atoms with Gasteiger partial charge < -0.3 is 15.4 Å². The number of methoxy groups -OCH3 is 1. The first-order valence-electron chi connectivity index (χ1n) is 8.76. The second-order valence-electron chi connectivity index (χ2n) is 7.07. The minimum Gasteiger partial charge on any atom is -0.465 e. The van der Waals surface area contributed by atoms with Gasteiger partial charge in [-0.05, 0) is 44.9 Å². The van der Waals surface area contributed by atoms with Crippen LogP contribution < -0.4 is 10.6 Å². The summed E-state index contributed by atoms with van der Waals surface area (Å²) >= 11 is 6.11. The molecule has 0 heterocycles. The monoisotopic (exact) mass is 380 g/mol. The highest BCUT2D eigenvalue weighted by molar-refractivity contribution is 6.34. The molecule has 0 spiro atoms. The molecule has 2 amide bonds. The van der Waals surface area contributed by atoms with Crippen LogP contribution in [0.2, 0.25) is 5.02 Å². The second-order valence-corrected chi connectivity index (χ2v) is 7.48. The summed E-state index contributed by atoms with van der Waals surface area (Å²) in [5.74, 6) is -1.34. The topological polar surface area (TPSA) is 84.5 Å². The quantitative estimate of drug-likeness (QED) is 0.604. The number of amides is 2. The van der Waals surface area contributed by atoms with Crippen LogP contribution >= 0.6 is 11.6 Å². The number of hydrogen-bond donors (Lipinski definition) is 2. The SMILES string of the molecule is COC(=O)c1ccc(Cl)c(NC(=O)C(C)(C)C(=O)NC2CCCCC2)c1. The van der Waals surface area contributed by atoms with E-state index >= 15 is 0 Å². The Morgan fingerprint density at radius 1 is 1.12 bits per heavy atom. The normalized spacial score (nSPS) is 15.2. The Kier molecular flexibility index (Phi) is 6.64. The Morgan fingerprint density at radius 2 is 1.77 bits per heavy atom. The number of rotatable bonds is 5. The molecule has 0 atom stereocenters. The molecule has 26 heavy (non-hydrogen) atoms. The highest BCUT2D eigenvalue weighted by atomic mass is 35.5. The van der Waals surface area contributed by atoms with E-state index in [2.05, 4.69) is 15.4 Å².